The Balaban J connectivity index is 1.10. The van der Waals surface area contributed by atoms with E-state index in [1.807, 2.05) is 18.2 Å². The molecule has 5 nitrogen and oxygen atoms in total. The first kappa shape index (κ1) is 32.7. The maximum absolute atomic E-state index is 6.60. The summed E-state index contributed by atoms with van der Waals surface area (Å²) >= 11 is 0. The minimum Gasteiger partial charge on any atom is -0.452 e. The molecule has 0 aliphatic rings. The number of hydrogen-bond donors (Lipinski definition) is 0. The number of rotatable bonds is 3. The topological polar surface area (TPSA) is 48.8 Å². The summed E-state index contributed by atoms with van der Waals surface area (Å²) in [6, 6.07) is 69.7. The number of nitrogens with zero attached hydrogens (tertiary/aromatic N) is 4. The molecule has 0 fully saturated rings. The van der Waals surface area contributed by atoms with Gasteiger partial charge in [-0.15, -0.1) is 0 Å². The van der Waals surface area contributed by atoms with Crippen molar-refractivity contribution in [2.75, 3.05) is 0 Å². The summed E-state index contributed by atoms with van der Waals surface area (Å²) in [5, 5.41) is 15.5. The van der Waals surface area contributed by atoms with E-state index >= 15 is 0 Å². The largest absolute Gasteiger partial charge is 0.452 e. The van der Waals surface area contributed by atoms with Gasteiger partial charge in [-0.3, -0.25) is 4.57 Å². The van der Waals surface area contributed by atoms with E-state index in [0.717, 1.165) is 71.7 Å². The number of hydrogen-bond acceptors (Lipinski definition) is 3. The smallest absolute Gasteiger partial charge is 0.236 e. The van der Waals surface area contributed by atoms with Crippen LogP contribution in [0.1, 0.15) is 0 Å². The number of fused-ring (bicyclic) bond motifs is 17. The molecular formula is C56H32N4O. The highest BCUT2D eigenvalue weighted by molar-refractivity contribution is 6.28. The van der Waals surface area contributed by atoms with Gasteiger partial charge >= 0.3 is 0 Å². The molecule has 0 radical (unpaired) electrons. The molecule has 14 aromatic rings. The molecule has 0 aliphatic heterocycles. The molecule has 61 heavy (non-hydrogen) atoms. The number of furan rings is 1. The van der Waals surface area contributed by atoms with Crippen LogP contribution in [0.2, 0.25) is 0 Å². The summed E-state index contributed by atoms with van der Waals surface area (Å²) in [5.74, 6) is 0.597. The van der Waals surface area contributed by atoms with E-state index in [2.05, 4.69) is 185 Å². The highest BCUT2D eigenvalue weighted by Crippen LogP contribution is 2.44. The van der Waals surface area contributed by atoms with Crippen molar-refractivity contribution in [3.8, 4) is 22.9 Å². The molecule has 0 amide bonds. The van der Waals surface area contributed by atoms with Crippen LogP contribution in [0.15, 0.2) is 199 Å². The molecule has 14 rings (SSSR count). The predicted molar refractivity (Wildman–Crippen MR) is 253 cm³/mol. The fourth-order valence-corrected chi connectivity index (χ4v) is 10.2. The molecule has 0 bridgehead atoms. The lowest BCUT2D eigenvalue weighted by Gasteiger charge is -2.14. The van der Waals surface area contributed by atoms with Gasteiger partial charge in [0.05, 0.1) is 22.1 Å². The van der Waals surface area contributed by atoms with Crippen LogP contribution in [0.25, 0.3) is 132 Å². The van der Waals surface area contributed by atoms with E-state index in [0.29, 0.717) is 11.5 Å². The second-order valence-electron chi connectivity index (χ2n) is 16.1. The average molecular weight is 777 g/mol. The summed E-state index contributed by atoms with van der Waals surface area (Å²) < 4.78 is 11.3. The van der Waals surface area contributed by atoms with Crippen LogP contribution in [-0.2, 0) is 0 Å². The Labute approximate surface area is 347 Å². The van der Waals surface area contributed by atoms with Crippen LogP contribution in [0, 0.1) is 0 Å². The normalized spacial score (nSPS) is 12.3. The number of aromatic nitrogens is 4. The van der Waals surface area contributed by atoms with Crippen LogP contribution < -0.4 is 0 Å². The summed E-state index contributed by atoms with van der Waals surface area (Å²) in [6.07, 6.45) is 0. The third-order valence-corrected chi connectivity index (χ3v) is 12.9. The minimum absolute atomic E-state index is 0.597. The zero-order valence-electron chi connectivity index (χ0n) is 32.7. The van der Waals surface area contributed by atoms with Crippen molar-refractivity contribution in [1.29, 1.82) is 0 Å². The van der Waals surface area contributed by atoms with Crippen molar-refractivity contribution in [3.63, 3.8) is 0 Å². The highest BCUT2D eigenvalue weighted by atomic mass is 16.3. The van der Waals surface area contributed by atoms with Crippen molar-refractivity contribution in [2.24, 2.45) is 0 Å². The molecule has 0 N–H and O–H groups in total. The Hall–Kier alpha value is -8.28. The molecule has 5 heteroatoms. The lowest BCUT2D eigenvalue weighted by molar-refractivity contribution is 0.666. The first-order valence-corrected chi connectivity index (χ1v) is 20.7. The SMILES string of the molecule is c1ccc2cc(-c3nc(-n4c5ccccc5c5c4ccc4c6ccccc6n(-c6ccc7c8ccccc8c8ccccc8c7c6)c45)nc4c3oc3ccccc34)ccc2c1. The molecule has 0 atom stereocenters. The molecule has 0 saturated heterocycles. The van der Waals surface area contributed by atoms with Crippen molar-refractivity contribution < 1.29 is 4.42 Å². The molecule has 282 valence electrons. The van der Waals surface area contributed by atoms with Gasteiger partial charge in [-0.25, -0.2) is 9.97 Å². The Morgan fingerprint density at radius 1 is 0.377 bits per heavy atom. The second-order valence-corrected chi connectivity index (χ2v) is 16.1. The zero-order valence-corrected chi connectivity index (χ0v) is 32.7. The lowest BCUT2D eigenvalue weighted by atomic mass is 9.94. The molecule has 10 aromatic carbocycles. The maximum Gasteiger partial charge on any atom is 0.236 e. The van der Waals surface area contributed by atoms with Crippen LogP contribution >= 0.6 is 0 Å². The Morgan fingerprint density at radius 3 is 1.74 bits per heavy atom. The van der Waals surface area contributed by atoms with Gasteiger partial charge in [0.15, 0.2) is 5.58 Å². The van der Waals surface area contributed by atoms with Crippen molar-refractivity contribution in [2.45, 2.75) is 0 Å². The zero-order chi connectivity index (χ0) is 39.8. The van der Waals surface area contributed by atoms with Gasteiger partial charge < -0.3 is 8.98 Å². The van der Waals surface area contributed by atoms with Gasteiger partial charge in [0.1, 0.15) is 16.8 Å². The third kappa shape index (κ3) is 4.49. The summed E-state index contributed by atoms with van der Waals surface area (Å²) in [4.78, 5) is 10.9. The lowest BCUT2D eigenvalue weighted by Crippen LogP contribution is -2.03. The van der Waals surface area contributed by atoms with Crippen LogP contribution in [0.3, 0.4) is 0 Å². The summed E-state index contributed by atoms with van der Waals surface area (Å²) in [6.45, 7) is 0. The van der Waals surface area contributed by atoms with E-state index in [1.165, 1.54) is 48.5 Å². The standard InChI is InChI=1S/C56H32N4O/c1-2-14-34-31-35(26-25-33(34)13-1)52-55-53(45-21-9-12-24-50(45)61-55)58-56(57-52)60-48-23-11-8-20-44(48)51-49(60)30-29-43-42-19-7-10-22-47(42)59(54(43)51)36-27-28-41-39-17-4-3-15-37(39)38-16-5-6-18-40(38)46(41)32-36/h1-32H. The van der Waals surface area contributed by atoms with Crippen LogP contribution in [0.5, 0.6) is 0 Å². The Morgan fingerprint density at radius 2 is 0.967 bits per heavy atom. The van der Waals surface area contributed by atoms with Gasteiger partial charge in [0, 0.05) is 38.2 Å². The molecule has 0 unspecified atom stereocenters. The third-order valence-electron chi connectivity index (χ3n) is 12.9. The van der Waals surface area contributed by atoms with E-state index in [-0.39, 0.29) is 0 Å². The second kappa shape index (κ2) is 12.1. The fraction of sp³-hybridized carbons (Fsp3) is 0. The van der Waals surface area contributed by atoms with E-state index in [4.69, 9.17) is 14.4 Å². The van der Waals surface area contributed by atoms with Gasteiger partial charge in [-0.2, -0.15) is 0 Å². The van der Waals surface area contributed by atoms with Crippen molar-refractivity contribution in [1.82, 2.24) is 19.1 Å². The Bertz CT molecular complexity index is 4150. The number of benzene rings is 10. The van der Waals surface area contributed by atoms with Gasteiger partial charge in [-0.05, 0) is 91.6 Å². The molecule has 4 aromatic heterocycles. The predicted octanol–water partition coefficient (Wildman–Crippen LogP) is 14.8. The fourth-order valence-electron chi connectivity index (χ4n) is 10.2. The molecular weight excluding hydrogens is 745 g/mol. The van der Waals surface area contributed by atoms with E-state index in [1.54, 1.807) is 0 Å². The minimum atomic E-state index is 0.597. The summed E-state index contributed by atoms with van der Waals surface area (Å²) in [5.41, 5.74) is 9.50. The number of para-hydroxylation sites is 3. The first-order chi connectivity index (χ1) is 30.3. The molecule has 4 heterocycles. The quantitative estimate of drug-likeness (QED) is 0.168. The first-order valence-electron chi connectivity index (χ1n) is 20.7. The van der Waals surface area contributed by atoms with Crippen molar-refractivity contribution in [3.05, 3.63) is 194 Å². The molecule has 0 saturated carbocycles. The van der Waals surface area contributed by atoms with Gasteiger partial charge in [0.25, 0.3) is 0 Å². The summed E-state index contributed by atoms with van der Waals surface area (Å²) in [7, 11) is 0. The van der Waals surface area contributed by atoms with E-state index < -0.39 is 0 Å². The van der Waals surface area contributed by atoms with Gasteiger partial charge in [-0.1, -0.05) is 146 Å². The highest BCUT2D eigenvalue weighted by Gasteiger charge is 2.24. The van der Waals surface area contributed by atoms with Crippen LogP contribution in [0.4, 0.5) is 0 Å². The average Bonchev–Trinajstić information content (AvgIpc) is 3.99. The van der Waals surface area contributed by atoms with Crippen molar-refractivity contribution >= 4 is 109 Å². The van der Waals surface area contributed by atoms with Gasteiger partial charge in [0.2, 0.25) is 5.95 Å². The Kier molecular flexibility index (Phi) is 6.49. The maximum atomic E-state index is 6.60. The van der Waals surface area contributed by atoms with E-state index in [9.17, 15) is 0 Å². The monoisotopic (exact) mass is 776 g/mol. The van der Waals surface area contributed by atoms with Crippen LogP contribution in [-0.4, -0.2) is 19.1 Å². The molecule has 0 aliphatic carbocycles. The molecule has 0 spiro atoms.